The highest BCUT2D eigenvalue weighted by molar-refractivity contribution is 5.58. The van der Waals surface area contributed by atoms with Gasteiger partial charge in [0.2, 0.25) is 0 Å². The second-order valence-electron chi connectivity index (χ2n) is 4.68. The Balaban J connectivity index is 1.91. The zero-order chi connectivity index (χ0) is 13.9. The third-order valence-electron chi connectivity index (χ3n) is 3.38. The molecule has 1 atom stereocenters. The lowest BCUT2D eigenvalue weighted by atomic mass is 10.1. The minimum atomic E-state index is 0.156. The van der Waals surface area contributed by atoms with Crippen molar-refractivity contribution in [1.82, 2.24) is 9.55 Å². The Bertz CT molecular complexity index is 669. The predicted octanol–water partition coefficient (Wildman–Crippen LogP) is 3.85. The fourth-order valence-electron chi connectivity index (χ4n) is 2.33. The molecule has 0 amide bonds. The monoisotopic (exact) mass is 268 g/mol. The number of aromatic hydroxyl groups is 1. The summed E-state index contributed by atoms with van der Waals surface area (Å²) in [6.07, 6.45) is 6.44. The number of hydrogen-bond acceptors (Lipinski definition) is 3. The zero-order valence-electron chi connectivity index (χ0n) is 11.2. The van der Waals surface area contributed by atoms with E-state index in [1.165, 1.54) is 0 Å². The Kier molecular flexibility index (Phi) is 3.29. The van der Waals surface area contributed by atoms with Crippen LogP contribution in [0.3, 0.4) is 0 Å². The van der Waals surface area contributed by atoms with Gasteiger partial charge in [0.1, 0.15) is 17.3 Å². The Morgan fingerprint density at radius 3 is 2.65 bits per heavy atom. The van der Waals surface area contributed by atoms with Gasteiger partial charge < -0.3 is 14.1 Å². The van der Waals surface area contributed by atoms with Crippen molar-refractivity contribution >= 4 is 0 Å². The van der Waals surface area contributed by atoms with Crippen LogP contribution in [0, 0.1) is 0 Å². The minimum absolute atomic E-state index is 0.156. The Morgan fingerprint density at radius 1 is 1.20 bits per heavy atom. The van der Waals surface area contributed by atoms with Crippen molar-refractivity contribution in [2.24, 2.45) is 0 Å². The summed E-state index contributed by atoms with van der Waals surface area (Å²) in [6, 6.07) is 11.1. The standard InChI is InChI=1S/C16H16N2O2/c1-2-14(18-10-9-17-11-18)16-8-7-15(20-16)12-3-5-13(19)6-4-12/h3-11,14,19H,2H2,1H3. The molecule has 102 valence electrons. The van der Waals surface area contributed by atoms with Crippen molar-refractivity contribution in [3.63, 3.8) is 0 Å². The quantitative estimate of drug-likeness (QED) is 0.782. The van der Waals surface area contributed by atoms with E-state index in [4.69, 9.17) is 4.42 Å². The average molecular weight is 268 g/mol. The van der Waals surface area contributed by atoms with Crippen molar-refractivity contribution < 1.29 is 9.52 Å². The maximum absolute atomic E-state index is 9.32. The van der Waals surface area contributed by atoms with E-state index in [-0.39, 0.29) is 11.8 Å². The molecule has 0 spiro atoms. The molecular weight excluding hydrogens is 252 g/mol. The maximum atomic E-state index is 9.32. The largest absolute Gasteiger partial charge is 0.508 e. The van der Waals surface area contributed by atoms with E-state index in [9.17, 15) is 5.11 Å². The van der Waals surface area contributed by atoms with Crippen LogP contribution in [0.4, 0.5) is 0 Å². The summed E-state index contributed by atoms with van der Waals surface area (Å²) in [5, 5.41) is 9.32. The molecule has 0 aliphatic carbocycles. The third-order valence-corrected chi connectivity index (χ3v) is 3.38. The molecule has 0 aliphatic rings. The molecule has 1 unspecified atom stereocenters. The Morgan fingerprint density at radius 2 is 2.00 bits per heavy atom. The molecule has 1 N–H and O–H groups in total. The molecule has 0 bridgehead atoms. The Hall–Kier alpha value is -2.49. The first-order chi connectivity index (χ1) is 9.78. The number of nitrogens with zero attached hydrogens (tertiary/aromatic N) is 2. The number of hydrogen-bond donors (Lipinski definition) is 1. The highest BCUT2D eigenvalue weighted by atomic mass is 16.3. The minimum Gasteiger partial charge on any atom is -0.508 e. The molecule has 1 aromatic carbocycles. The normalized spacial score (nSPS) is 12.4. The van der Waals surface area contributed by atoms with Gasteiger partial charge in [0, 0.05) is 18.0 Å². The molecule has 4 heteroatoms. The van der Waals surface area contributed by atoms with Crippen molar-refractivity contribution in [2.75, 3.05) is 0 Å². The van der Waals surface area contributed by atoms with Crippen LogP contribution in [0.25, 0.3) is 11.3 Å². The van der Waals surface area contributed by atoms with E-state index < -0.39 is 0 Å². The van der Waals surface area contributed by atoms with Crippen LogP contribution in [-0.4, -0.2) is 14.7 Å². The molecule has 0 saturated heterocycles. The summed E-state index contributed by atoms with van der Waals surface area (Å²) >= 11 is 0. The van der Waals surface area contributed by atoms with E-state index in [1.807, 2.05) is 35.0 Å². The van der Waals surface area contributed by atoms with Crippen LogP contribution < -0.4 is 0 Å². The molecule has 0 aliphatic heterocycles. The van der Waals surface area contributed by atoms with Crippen LogP contribution >= 0.6 is 0 Å². The number of imidazole rings is 1. The van der Waals surface area contributed by atoms with Crippen LogP contribution in [0.1, 0.15) is 25.1 Å². The van der Waals surface area contributed by atoms with Gasteiger partial charge in [-0.25, -0.2) is 4.98 Å². The Labute approximate surface area is 117 Å². The maximum Gasteiger partial charge on any atom is 0.134 e. The van der Waals surface area contributed by atoms with Gasteiger partial charge in [-0.2, -0.15) is 0 Å². The van der Waals surface area contributed by atoms with Crippen LogP contribution in [0.5, 0.6) is 5.75 Å². The van der Waals surface area contributed by atoms with Crippen molar-refractivity contribution in [3.05, 3.63) is 60.9 Å². The van der Waals surface area contributed by atoms with Gasteiger partial charge in [-0.3, -0.25) is 0 Å². The number of phenols is 1. The van der Waals surface area contributed by atoms with E-state index >= 15 is 0 Å². The number of phenolic OH excluding ortho intramolecular Hbond substituents is 1. The summed E-state index contributed by atoms with van der Waals surface area (Å²) in [6.45, 7) is 2.12. The molecule has 0 radical (unpaired) electrons. The van der Waals surface area contributed by atoms with Crippen LogP contribution in [0.2, 0.25) is 0 Å². The van der Waals surface area contributed by atoms with Crippen LogP contribution in [-0.2, 0) is 0 Å². The molecular formula is C16H16N2O2. The highest BCUT2D eigenvalue weighted by Crippen LogP contribution is 2.29. The molecule has 2 aromatic heterocycles. The summed E-state index contributed by atoms with van der Waals surface area (Å²) in [4.78, 5) is 4.08. The van der Waals surface area contributed by atoms with Gasteiger partial charge in [-0.1, -0.05) is 6.92 Å². The molecule has 20 heavy (non-hydrogen) atoms. The lowest BCUT2D eigenvalue weighted by molar-refractivity contribution is 0.427. The second kappa shape index (κ2) is 5.25. The van der Waals surface area contributed by atoms with Gasteiger partial charge in [0.15, 0.2) is 0 Å². The fourth-order valence-corrected chi connectivity index (χ4v) is 2.33. The van der Waals surface area contributed by atoms with Gasteiger partial charge in [-0.05, 0) is 42.8 Å². The molecule has 0 saturated carbocycles. The van der Waals surface area contributed by atoms with Gasteiger partial charge in [0.05, 0.1) is 12.4 Å². The summed E-state index contributed by atoms with van der Waals surface area (Å²) in [5.74, 6) is 1.97. The second-order valence-corrected chi connectivity index (χ2v) is 4.68. The number of benzene rings is 1. The molecule has 4 nitrogen and oxygen atoms in total. The first-order valence-electron chi connectivity index (χ1n) is 6.64. The first-order valence-corrected chi connectivity index (χ1v) is 6.64. The number of rotatable bonds is 4. The SMILES string of the molecule is CCC(c1ccc(-c2ccc(O)cc2)o1)n1ccnc1. The zero-order valence-corrected chi connectivity index (χ0v) is 11.2. The number of furan rings is 1. The topological polar surface area (TPSA) is 51.2 Å². The number of aromatic nitrogens is 2. The molecule has 3 aromatic rings. The van der Waals surface area contributed by atoms with Crippen molar-refractivity contribution in [2.45, 2.75) is 19.4 Å². The van der Waals surface area contributed by atoms with Crippen molar-refractivity contribution in [1.29, 1.82) is 0 Å². The van der Waals surface area contributed by atoms with E-state index in [0.29, 0.717) is 0 Å². The summed E-state index contributed by atoms with van der Waals surface area (Å²) in [7, 11) is 0. The lowest BCUT2D eigenvalue weighted by Gasteiger charge is -2.13. The third kappa shape index (κ3) is 2.32. The van der Waals surface area contributed by atoms with Crippen molar-refractivity contribution in [3.8, 4) is 17.1 Å². The molecule has 2 heterocycles. The predicted molar refractivity (Wildman–Crippen MR) is 76.5 cm³/mol. The summed E-state index contributed by atoms with van der Waals surface area (Å²) in [5.41, 5.74) is 0.953. The van der Waals surface area contributed by atoms with E-state index in [2.05, 4.69) is 11.9 Å². The van der Waals surface area contributed by atoms with E-state index in [1.54, 1.807) is 24.7 Å². The lowest BCUT2D eigenvalue weighted by Crippen LogP contribution is -2.06. The van der Waals surface area contributed by atoms with Gasteiger partial charge in [-0.15, -0.1) is 0 Å². The first kappa shape index (κ1) is 12.5. The molecule has 3 rings (SSSR count). The van der Waals surface area contributed by atoms with Crippen LogP contribution in [0.15, 0.2) is 59.5 Å². The summed E-state index contributed by atoms with van der Waals surface area (Å²) < 4.78 is 8.00. The van der Waals surface area contributed by atoms with Gasteiger partial charge in [0.25, 0.3) is 0 Å². The van der Waals surface area contributed by atoms with E-state index in [0.717, 1.165) is 23.5 Å². The highest BCUT2D eigenvalue weighted by Gasteiger charge is 2.15. The van der Waals surface area contributed by atoms with Gasteiger partial charge >= 0.3 is 0 Å². The smallest absolute Gasteiger partial charge is 0.134 e. The molecule has 0 fully saturated rings. The average Bonchev–Trinajstić information content (AvgIpc) is 3.12. The fraction of sp³-hybridized carbons (Fsp3) is 0.188.